The number of rotatable bonds is 5. The van der Waals surface area contributed by atoms with E-state index in [0.29, 0.717) is 28.5 Å². The highest BCUT2D eigenvalue weighted by Gasteiger charge is 2.49. The fourth-order valence-electron chi connectivity index (χ4n) is 6.58. The van der Waals surface area contributed by atoms with Crippen molar-refractivity contribution in [2.75, 3.05) is 26.2 Å². The molecule has 0 radical (unpaired) electrons. The Labute approximate surface area is 219 Å². The van der Waals surface area contributed by atoms with Crippen LogP contribution < -0.4 is 32.4 Å². The minimum absolute atomic E-state index is 0.112. The van der Waals surface area contributed by atoms with Gasteiger partial charge < -0.3 is 5.32 Å². The van der Waals surface area contributed by atoms with Crippen LogP contribution in [0.1, 0.15) is 54.5 Å². The summed E-state index contributed by atoms with van der Waals surface area (Å²) >= 11 is 0. The first-order valence-electron chi connectivity index (χ1n) is 12.9. The number of likely N-dealkylation sites (tertiary alicyclic amines) is 1. The van der Waals surface area contributed by atoms with Crippen molar-refractivity contribution in [2.45, 2.75) is 54.9 Å². The van der Waals surface area contributed by atoms with Gasteiger partial charge >= 0.3 is 6.18 Å². The van der Waals surface area contributed by atoms with E-state index in [1.807, 2.05) is 24.3 Å². The number of hydrogen-bond donors (Lipinski definition) is 6. The molecule has 6 rings (SSSR count). The Morgan fingerprint density at radius 1 is 0.947 bits per heavy atom. The molecule has 0 atom stereocenters. The van der Waals surface area contributed by atoms with Gasteiger partial charge in [0.2, 0.25) is 10.0 Å². The smallest absolute Gasteiger partial charge is 0.317 e. The number of nitrogens with zero attached hydrogens (tertiary/aromatic N) is 1. The molecule has 206 valence electrons. The number of primary sulfonamides is 1. The fourth-order valence-corrected chi connectivity index (χ4v) is 7.61. The maximum absolute atomic E-state index is 13.8. The van der Waals surface area contributed by atoms with Crippen LogP contribution in [0.4, 0.5) is 13.2 Å². The molecule has 1 saturated carbocycles. The number of nitrogens with one attached hydrogen (secondary N) is 5. The van der Waals surface area contributed by atoms with Gasteiger partial charge in [0.05, 0.1) is 5.56 Å². The summed E-state index contributed by atoms with van der Waals surface area (Å²) in [5.74, 6) is 0.409. The predicted molar refractivity (Wildman–Crippen MR) is 135 cm³/mol. The van der Waals surface area contributed by atoms with Gasteiger partial charge in [-0.15, -0.1) is 0 Å². The second-order valence-electron chi connectivity index (χ2n) is 11.0. The van der Waals surface area contributed by atoms with E-state index in [4.69, 9.17) is 5.14 Å². The summed E-state index contributed by atoms with van der Waals surface area (Å²) in [7, 11) is -4.72. The third-order valence-electron chi connectivity index (χ3n) is 8.69. The highest BCUT2D eigenvalue weighted by Crippen LogP contribution is 2.51. The van der Waals surface area contributed by atoms with E-state index >= 15 is 0 Å². The van der Waals surface area contributed by atoms with Crippen molar-refractivity contribution in [3.8, 4) is 11.1 Å². The van der Waals surface area contributed by atoms with Crippen LogP contribution in [0.5, 0.6) is 0 Å². The first kappa shape index (κ1) is 26.1. The Kier molecular flexibility index (Phi) is 6.55. The van der Waals surface area contributed by atoms with Crippen molar-refractivity contribution < 1.29 is 21.6 Å². The normalized spacial score (nSPS) is 23.5. The summed E-state index contributed by atoms with van der Waals surface area (Å²) in [6.45, 7) is 4.27. The Morgan fingerprint density at radius 3 is 2.16 bits per heavy atom. The van der Waals surface area contributed by atoms with Gasteiger partial charge in [0, 0.05) is 30.6 Å². The number of benzene rings is 2. The lowest BCUT2D eigenvalue weighted by molar-refractivity contribution is -0.140. The van der Waals surface area contributed by atoms with E-state index in [-0.39, 0.29) is 5.56 Å². The molecular weight excluding hydrogens is 519 g/mol. The fraction of sp³-hybridized carbons (Fsp3) is 0.520. The average molecular weight is 552 g/mol. The first-order chi connectivity index (χ1) is 18.0. The number of halogens is 3. The maximum Gasteiger partial charge on any atom is 0.417 e. The summed E-state index contributed by atoms with van der Waals surface area (Å²) in [6, 6.07) is 10.4. The summed E-state index contributed by atoms with van der Waals surface area (Å²) in [4.78, 5) is 1.61. The molecule has 7 N–H and O–H groups in total. The van der Waals surface area contributed by atoms with Crippen molar-refractivity contribution >= 4 is 10.0 Å². The van der Waals surface area contributed by atoms with Crippen molar-refractivity contribution in [1.82, 2.24) is 32.1 Å². The van der Waals surface area contributed by atoms with Gasteiger partial charge in [-0.05, 0) is 66.9 Å². The molecule has 1 spiro atoms. The van der Waals surface area contributed by atoms with Gasteiger partial charge in [0.15, 0.2) is 0 Å². The third-order valence-corrected chi connectivity index (χ3v) is 9.70. The molecule has 0 bridgehead atoms. The number of hydrogen-bond acceptors (Lipinski definition) is 8. The molecule has 2 aromatic carbocycles. The van der Waals surface area contributed by atoms with Crippen molar-refractivity contribution in [3.63, 3.8) is 0 Å². The van der Waals surface area contributed by atoms with Crippen molar-refractivity contribution in [2.24, 2.45) is 10.6 Å². The summed E-state index contributed by atoms with van der Waals surface area (Å²) in [6.07, 6.45) is -0.750. The number of nitrogens with two attached hydrogens (primary N) is 1. The first-order valence-corrected chi connectivity index (χ1v) is 14.4. The Hall–Kier alpha value is -2.10. The zero-order valence-corrected chi connectivity index (χ0v) is 21.6. The van der Waals surface area contributed by atoms with Gasteiger partial charge in [0.25, 0.3) is 0 Å². The lowest BCUT2D eigenvalue weighted by Gasteiger charge is -2.57. The standard InChI is InChI=1S/C25H32F3N7O2S/c26-25(27,28)20-6-5-19(21(22(20)38(29,36)37)23-31-33-34-32-23)16-3-1-15(2-4-16)17-13-35(14-17)18-11-24(12-18)7-9-30-10-8-24/h1-6,17-18,23,30-34H,7-14H2,(H2,29,36,37). The minimum Gasteiger partial charge on any atom is -0.317 e. The molecule has 0 amide bonds. The van der Waals surface area contributed by atoms with Gasteiger partial charge in [-0.2, -0.15) is 24.2 Å². The van der Waals surface area contributed by atoms with E-state index in [1.54, 1.807) is 0 Å². The molecule has 9 nitrogen and oxygen atoms in total. The molecule has 3 saturated heterocycles. The molecule has 2 aromatic rings. The minimum atomic E-state index is -4.90. The van der Waals surface area contributed by atoms with Crippen LogP contribution in [0.25, 0.3) is 11.1 Å². The predicted octanol–water partition coefficient (Wildman–Crippen LogP) is 2.07. The monoisotopic (exact) mass is 551 g/mol. The zero-order valence-electron chi connectivity index (χ0n) is 20.7. The Morgan fingerprint density at radius 2 is 1.58 bits per heavy atom. The molecule has 1 aliphatic carbocycles. The second kappa shape index (κ2) is 9.52. The molecule has 13 heteroatoms. The van der Waals surface area contributed by atoms with E-state index < -0.39 is 32.8 Å². The largest absolute Gasteiger partial charge is 0.417 e. The lowest BCUT2D eigenvalue weighted by Crippen LogP contribution is -2.60. The Balaban J connectivity index is 1.23. The molecule has 4 fully saturated rings. The van der Waals surface area contributed by atoms with E-state index in [0.717, 1.165) is 32.2 Å². The summed E-state index contributed by atoms with van der Waals surface area (Å²) in [5, 5.41) is 8.78. The molecular formula is C25H32F3N7O2S. The zero-order chi connectivity index (χ0) is 26.7. The van der Waals surface area contributed by atoms with Crippen LogP contribution in [-0.4, -0.2) is 45.5 Å². The van der Waals surface area contributed by atoms with Gasteiger partial charge in [-0.25, -0.2) is 24.4 Å². The summed E-state index contributed by atoms with van der Waals surface area (Å²) in [5.41, 5.74) is 11.7. The maximum atomic E-state index is 13.8. The Bertz CT molecular complexity index is 1290. The number of alkyl halides is 3. The van der Waals surface area contributed by atoms with Crippen LogP contribution >= 0.6 is 0 Å². The van der Waals surface area contributed by atoms with E-state index in [9.17, 15) is 21.6 Å². The molecule has 0 unspecified atom stereocenters. The third kappa shape index (κ3) is 4.75. The molecule has 3 heterocycles. The van der Waals surface area contributed by atoms with Crippen LogP contribution in [0.2, 0.25) is 0 Å². The summed E-state index contributed by atoms with van der Waals surface area (Å²) < 4.78 is 66.3. The lowest BCUT2D eigenvalue weighted by atomic mass is 9.59. The molecule has 3 aliphatic heterocycles. The highest BCUT2D eigenvalue weighted by molar-refractivity contribution is 7.89. The quantitative estimate of drug-likeness (QED) is 0.334. The van der Waals surface area contributed by atoms with Crippen LogP contribution in [0.15, 0.2) is 41.3 Å². The SMILES string of the molecule is NS(=O)(=O)c1c(C(F)(F)F)ccc(-c2ccc(C3CN(C4CC5(CCNCC5)C4)C3)cc2)c1C1NNNN1. The second-order valence-corrected chi connectivity index (χ2v) is 12.5. The van der Waals surface area contributed by atoms with Crippen LogP contribution in [0.3, 0.4) is 0 Å². The van der Waals surface area contributed by atoms with E-state index in [1.165, 1.54) is 37.3 Å². The average Bonchev–Trinajstić information content (AvgIpc) is 3.36. The molecule has 38 heavy (non-hydrogen) atoms. The number of sulfonamides is 1. The topological polar surface area (TPSA) is 124 Å². The number of hydrazine groups is 3. The van der Waals surface area contributed by atoms with Crippen molar-refractivity contribution in [1.29, 1.82) is 0 Å². The molecule has 4 aliphatic rings. The van der Waals surface area contributed by atoms with Gasteiger partial charge in [-0.1, -0.05) is 30.3 Å². The highest BCUT2D eigenvalue weighted by atomic mass is 32.2. The van der Waals surface area contributed by atoms with Crippen LogP contribution in [-0.2, 0) is 16.2 Å². The molecule has 0 aromatic heterocycles. The van der Waals surface area contributed by atoms with Crippen molar-refractivity contribution in [3.05, 3.63) is 53.1 Å². The van der Waals surface area contributed by atoms with E-state index in [2.05, 4.69) is 32.1 Å². The van der Waals surface area contributed by atoms with Gasteiger partial charge in [-0.3, -0.25) is 4.90 Å². The van der Waals surface area contributed by atoms with Gasteiger partial charge in [0.1, 0.15) is 11.1 Å². The van der Waals surface area contributed by atoms with Crippen LogP contribution in [0, 0.1) is 5.41 Å². The number of piperidine rings is 1.